The molecule has 0 amide bonds. The van der Waals surface area contributed by atoms with E-state index < -0.39 is 0 Å². The molecular weight excluding hydrogens is 170 g/mol. The summed E-state index contributed by atoms with van der Waals surface area (Å²) in [5, 5.41) is 0. The molecule has 0 aliphatic rings. The van der Waals surface area contributed by atoms with E-state index in [0.29, 0.717) is 0 Å². The van der Waals surface area contributed by atoms with Gasteiger partial charge in [-0.15, -0.1) is 0 Å². The maximum absolute atomic E-state index is 2.21. The largest absolute Gasteiger partial charge is 0.348 e. The molecule has 0 aliphatic heterocycles. The second-order valence-corrected chi connectivity index (χ2v) is 3.78. The van der Waals surface area contributed by atoms with Gasteiger partial charge in [0.05, 0.1) is 0 Å². The zero-order valence-corrected chi connectivity index (χ0v) is 8.91. The molecule has 1 heteroatoms. The van der Waals surface area contributed by atoms with Crippen LogP contribution in [0.25, 0.3) is 11.3 Å². The van der Waals surface area contributed by atoms with Crippen molar-refractivity contribution in [1.29, 1.82) is 0 Å². The SMILES string of the molecule is Cc1ccc(-c2ccc(C)n2C)cc1. The number of hydrogen-bond donors (Lipinski definition) is 0. The second-order valence-electron chi connectivity index (χ2n) is 3.78. The van der Waals surface area contributed by atoms with Crippen LogP contribution in [0.5, 0.6) is 0 Å². The Kier molecular flexibility index (Phi) is 2.16. The fourth-order valence-corrected chi connectivity index (χ4v) is 1.63. The first-order valence-electron chi connectivity index (χ1n) is 4.88. The van der Waals surface area contributed by atoms with Crippen molar-refractivity contribution in [2.45, 2.75) is 13.8 Å². The molecule has 1 heterocycles. The first kappa shape index (κ1) is 9.07. The van der Waals surface area contributed by atoms with Crippen molar-refractivity contribution in [3.63, 3.8) is 0 Å². The van der Waals surface area contributed by atoms with E-state index in [1.807, 2.05) is 0 Å². The Labute approximate surface area is 85.0 Å². The van der Waals surface area contributed by atoms with Gasteiger partial charge in [0.2, 0.25) is 0 Å². The lowest BCUT2D eigenvalue weighted by Gasteiger charge is -2.05. The third-order valence-corrected chi connectivity index (χ3v) is 2.72. The molecule has 1 nitrogen and oxygen atoms in total. The standard InChI is InChI=1S/C13H15N/c1-10-4-7-12(8-5-10)13-9-6-11(2)14(13)3/h4-9H,1-3H3. The number of aryl methyl sites for hydroxylation is 2. The van der Waals surface area contributed by atoms with E-state index in [1.54, 1.807) is 0 Å². The highest BCUT2D eigenvalue weighted by Gasteiger charge is 2.02. The van der Waals surface area contributed by atoms with Crippen LogP contribution >= 0.6 is 0 Å². The molecule has 0 atom stereocenters. The molecular formula is C13H15N. The van der Waals surface area contributed by atoms with Crippen molar-refractivity contribution in [2.24, 2.45) is 7.05 Å². The monoisotopic (exact) mass is 185 g/mol. The van der Waals surface area contributed by atoms with Crippen molar-refractivity contribution in [3.05, 3.63) is 47.7 Å². The lowest BCUT2D eigenvalue weighted by Crippen LogP contribution is -1.93. The summed E-state index contributed by atoms with van der Waals surface area (Å²) in [6.45, 7) is 4.23. The minimum Gasteiger partial charge on any atom is -0.348 e. The lowest BCUT2D eigenvalue weighted by molar-refractivity contribution is 0.891. The summed E-state index contributed by atoms with van der Waals surface area (Å²) in [5.74, 6) is 0. The van der Waals surface area contributed by atoms with Crippen molar-refractivity contribution >= 4 is 0 Å². The second kappa shape index (κ2) is 3.33. The van der Waals surface area contributed by atoms with Crippen LogP contribution in [0.2, 0.25) is 0 Å². The van der Waals surface area contributed by atoms with Crippen LogP contribution in [-0.4, -0.2) is 4.57 Å². The molecule has 2 rings (SSSR count). The Morgan fingerprint density at radius 1 is 0.857 bits per heavy atom. The van der Waals surface area contributed by atoms with Gasteiger partial charge < -0.3 is 4.57 Å². The Morgan fingerprint density at radius 3 is 2.00 bits per heavy atom. The molecule has 0 radical (unpaired) electrons. The van der Waals surface area contributed by atoms with Gasteiger partial charge >= 0.3 is 0 Å². The number of aromatic nitrogens is 1. The third-order valence-electron chi connectivity index (χ3n) is 2.72. The molecule has 0 unspecified atom stereocenters. The van der Waals surface area contributed by atoms with Crippen molar-refractivity contribution in [1.82, 2.24) is 4.57 Å². The summed E-state index contributed by atoms with van der Waals surface area (Å²) < 4.78 is 2.21. The molecule has 0 aliphatic carbocycles. The van der Waals surface area contributed by atoms with Gasteiger partial charge in [0.25, 0.3) is 0 Å². The van der Waals surface area contributed by atoms with Crippen LogP contribution in [-0.2, 0) is 7.05 Å². The van der Waals surface area contributed by atoms with E-state index >= 15 is 0 Å². The van der Waals surface area contributed by atoms with Gasteiger partial charge in [-0.25, -0.2) is 0 Å². The fourth-order valence-electron chi connectivity index (χ4n) is 1.63. The quantitative estimate of drug-likeness (QED) is 0.642. The minimum absolute atomic E-state index is 1.28. The van der Waals surface area contributed by atoms with E-state index in [9.17, 15) is 0 Å². The average molecular weight is 185 g/mol. The molecule has 0 spiro atoms. The zero-order chi connectivity index (χ0) is 10.1. The summed E-state index contributed by atoms with van der Waals surface area (Å²) in [6, 6.07) is 13.0. The van der Waals surface area contributed by atoms with Crippen LogP contribution in [0.3, 0.4) is 0 Å². The highest BCUT2D eigenvalue weighted by atomic mass is 14.9. The maximum Gasteiger partial charge on any atom is 0.0479 e. The van der Waals surface area contributed by atoms with Crippen LogP contribution in [0.1, 0.15) is 11.3 Å². The molecule has 14 heavy (non-hydrogen) atoms. The highest BCUT2D eigenvalue weighted by Crippen LogP contribution is 2.21. The first-order chi connectivity index (χ1) is 6.68. The van der Waals surface area contributed by atoms with Gasteiger partial charge in [-0.2, -0.15) is 0 Å². The van der Waals surface area contributed by atoms with Gasteiger partial charge in [-0.3, -0.25) is 0 Å². The Hall–Kier alpha value is -1.50. The smallest absolute Gasteiger partial charge is 0.0479 e. The molecule has 0 saturated heterocycles. The Morgan fingerprint density at radius 2 is 1.50 bits per heavy atom. The number of nitrogens with zero attached hydrogens (tertiary/aromatic N) is 1. The van der Waals surface area contributed by atoms with Crippen molar-refractivity contribution < 1.29 is 0 Å². The van der Waals surface area contributed by atoms with Crippen molar-refractivity contribution in [2.75, 3.05) is 0 Å². The maximum atomic E-state index is 2.21. The molecule has 72 valence electrons. The van der Waals surface area contributed by atoms with Crippen LogP contribution in [0.15, 0.2) is 36.4 Å². The molecule has 1 aromatic carbocycles. The number of hydrogen-bond acceptors (Lipinski definition) is 0. The molecule has 0 N–H and O–H groups in total. The topological polar surface area (TPSA) is 4.93 Å². The summed E-state index contributed by atoms with van der Waals surface area (Å²) in [7, 11) is 2.10. The van der Waals surface area contributed by atoms with Crippen LogP contribution < -0.4 is 0 Å². The van der Waals surface area contributed by atoms with Gasteiger partial charge in [0.1, 0.15) is 0 Å². The van der Waals surface area contributed by atoms with E-state index in [1.165, 1.54) is 22.5 Å². The summed E-state index contributed by atoms with van der Waals surface area (Å²) in [5.41, 5.74) is 5.16. The van der Waals surface area contributed by atoms with Gasteiger partial charge in [-0.05, 0) is 31.5 Å². The normalized spacial score (nSPS) is 10.5. The van der Waals surface area contributed by atoms with Gasteiger partial charge in [-0.1, -0.05) is 29.8 Å². The van der Waals surface area contributed by atoms with E-state index in [-0.39, 0.29) is 0 Å². The molecule has 1 aromatic heterocycles. The van der Waals surface area contributed by atoms with Crippen LogP contribution in [0.4, 0.5) is 0 Å². The summed E-state index contributed by atoms with van der Waals surface area (Å²) in [4.78, 5) is 0. The first-order valence-corrected chi connectivity index (χ1v) is 4.88. The third kappa shape index (κ3) is 1.46. The minimum atomic E-state index is 1.28. The highest BCUT2D eigenvalue weighted by molar-refractivity contribution is 5.61. The summed E-state index contributed by atoms with van der Waals surface area (Å²) >= 11 is 0. The van der Waals surface area contributed by atoms with Crippen molar-refractivity contribution in [3.8, 4) is 11.3 Å². The molecule has 0 fully saturated rings. The number of benzene rings is 1. The average Bonchev–Trinajstić information content (AvgIpc) is 2.50. The van der Waals surface area contributed by atoms with E-state index in [2.05, 4.69) is 61.9 Å². The van der Waals surface area contributed by atoms with E-state index in [4.69, 9.17) is 0 Å². The Bertz CT molecular complexity index is 435. The predicted molar refractivity (Wildman–Crippen MR) is 60.3 cm³/mol. The van der Waals surface area contributed by atoms with Gasteiger partial charge in [0.15, 0.2) is 0 Å². The van der Waals surface area contributed by atoms with Crippen LogP contribution in [0, 0.1) is 13.8 Å². The number of rotatable bonds is 1. The lowest BCUT2D eigenvalue weighted by atomic mass is 10.1. The molecule has 2 aromatic rings. The summed E-state index contributed by atoms with van der Waals surface area (Å²) in [6.07, 6.45) is 0. The zero-order valence-electron chi connectivity index (χ0n) is 8.91. The van der Waals surface area contributed by atoms with E-state index in [0.717, 1.165) is 0 Å². The Balaban J connectivity index is 2.49. The molecule has 0 bridgehead atoms. The van der Waals surface area contributed by atoms with Gasteiger partial charge in [0, 0.05) is 18.4 Å². The molecule has 0 saturated carbocycles. The fraction of sp³-hybridized carbons (Fsp3) is 0.231. The predicted octanol–water partition coefficient (Wildman–Crippen LogP) is 3.31.